The minimum Gasteiger partial charge on any atom is -0.0613 e. The summed E-state index contributed by atoms with van der Waals surface area (Å²) < 4.78 is 0. The highest BCUT2D eigenvalue weighted by atomic mass is 14.0. The van der Waals surface area contributed by atoms with Crippen LogP contribution in [0.5, 0.6) is 0 Å². The smallest absolute Gasteiger partial charge is 0.0256 e. The van der Waals surface area contributed by atoms with E-state index in [-0.39, 0.29) is 0 Å². The number of hydrogen-bond donors (Lipinski definition) is 0. The van der Waals surface area contributed by atoms with Crippen molar-refractivity contribution in [3.8, 4) is 0 Å². The molecule has 0 aliphatic rings. The van der Waals surface area contributed by atoms with Gasteiger partial charge in [0.2, 0.25) is 0 Å². The number of aryl methyl sites for hydroxylation is 2. The summed E-state index contributed by atoms with van der Waals surface area (Å²) in [6, 6.07) is 17.5. The lowest BCUT2D eigenvalue weighted by molar-refractivity contribution is 1.14. The topological polar surface area (TPSA) is 0 Å². The summed E-state index contributed by atoms with van der Waals surface area (Å²) in [5, 5.41) is 0. The van der Waals surface area contributed by atoms with E-state index >= 15 is 0 Å². The fraction of sp³-hybridized carbons (Fsp3) is 0.222. The van der Waals surface area contributed by atoms with Crippen molar-refractivity contribution < 1.29 is 0 Å². The molecule has 2 rings (SSSR count). The van der Waals surface area contributed by atoms with Gasteiger partial charge in [0.15, 0.2) is 0 Å². The van der Waals surface area contributed by atoms with Crippen LogP contribution in [0.15, 0.2) is 48.5 Å². The SMILES string of the molecule is CCc1ccc(/C=C\c2ccc(CC)cc2)cc1. The molecule has 0 N–H and O–H groups in total. The van der Waals surface area contributed by atoms with Crippen LogP contribution in [0, 0.1) is 0 Å². The molecule has 92 valence electrons. The van der Waals surface area contributed by atoms with Crippen molar-refractivity contribution in [3.05, 3.63) is 70.8 Å². The zero-order chi connectivity index (χ0) is 12.8. The molecule has 0 aromatic heterocycles. The second-order valence-electron chi connectivity index (χ2n) is 4.52. The summed E-state index contributed by atoms with van der Waals surface area (Å²) in [7, 11) is 0. The Morgan fingerprint density at radius 2 is 0.944 bits per heavy atom. The Labute approximate surface area is 110 Å². The second-order valence-corrected chi connectivity index (χ2v) is 4.52. The summed E-state index contributed by atoms with van der Waals surface area (Å²) in [5.41, 5.74) is 5.29. The minimum absolute atomic E-state index is 1.10. The highest BCUT2D eigenvalue weighted by Crippen LogP contribution is 2.11. The lowest BCUT2D eigenvalue weighted by atomic mass is 10.1. The third-order valence-corrected chi connectivity index (χ3v) is 3.24. The quantitative estimate of drug-likeness (QED) is 0.657. The molecular formula is C18H20. The van der Waals surface area contributed by atoms with Crippen molar-refractivity contribution in [3.63, 3.8) is 0 Å². The van der Waals surface area contributed by atoms with Crippen LogP contribution < -0.4 is 0 Å². The summed E-state index contributed by atoms with van der Waals surface area (Å²) in [5.74, 6) is 0. The summed E-state index contributed by atoms with van der Waals surface area (Å²) in [6.07, 6.45) is 6.53. The first-order chi connectivity index (χ1) is 8.81. The Morgan fingerprint density at radius 1 is 0.611 bits per heavy atom. The molecular weight excluding hydrogens is 216 g/mol. The first-order valence-corrected chi connectivity index (χ1v) is 6.67. The van der Waals surface area contributed by atoms with Crippen LogP contribution in [0.25, 0.3) is 12.2 Å². The maximum absolute atomic E-state index is 2.19. The molecule has 0 aliphatic heterocycles. The Bertz CT molecular complexity index is 451. The predicted octanol–water partition coefficient (Wildman–Crippen LogP) is 4.98. The van der Waals surface area contributed by atoms with Gasteiger partial charge >= 0.3 is 0 Å². The van der Waals surface area contributed by atoms with Crippen LogP contribution in [0.1, 0.15) is 36.1 Å². The number of benzene rings is 2. The summed E-state index contributed by atoms with van der Waals surface area (Å²) in [6.45, 7) is 4.36. The van der Waals surface area contributed by atoms with Gasteiger partial charge in [-0.2, -0.15) is 0 Å². The van der Waals surface area contributed by atoms with E-state index in [1.165, 1.54) is 22.3 Å². The third kappa shape index (κ3) is 3.33. The Morgan fingerprint density at radius 3 is 1.22 bits per heavy atom. The van der Waals surface area contributed by atoms with Gasteiger partial charge in [-0.25, -0.2) is 0 Å². The molecule has 0 saturated carbocycles. The molecule has 0 atom stereocenters. The molecule has 0 heteroatoms. The van der Waals surface area contributed by atoms with E-state index in [2.05, 4.69) is 74.5 Å². The van der Waals surface area contributed by atoms with Gasteiger partial charge in [-0.15, -0.1) is 0 Å². The van der Waals surface area contributed by atoms with Gasteiger partial charge < -0.3 is 0 Å². The first kappa shape index (κ1) is 12.6. The zero-order valence-corrected chi connectivity index (χ0v) is 11.2. The fourth-order valence-electron chi connectivity index (χ4n) is 1.92. The molecule has 2 aromatic rings. The van der Waals surface area contributed by atoms with Crippen LogP contribution in [0.2, 0.25) is 0 Å². The Hall–Kier alpha value is -1.82. The maximum atomic E-state index is 2.19. The van der Waals surface area contributed by atoms with Crippen LogP contribution in [0.3, 0.4) is 0 Å². The predicted molar refractivity (Wildman–Crippen MR) is 80.6 cm³/mol. The fourth-order valence-corrected chi connectivity index (χ4v) is 1.92. The van der Waals surface area contributed by atoms with Gasteiger partial charge in [-0.3, -0.25) is 0 Å². The molecule has 0 heterocycles. The highest BCUT2D eigenvalue weighted by molar-refractivity contribution is 5.69. The Balaban J connectivity index is 2.08. The zero-order valence-electron chi connectivity index (χ0n) is 11.2. The molecule has 0 amide bonds. The summed E-state index contributed by atoms with van der Waals surface area (Å²) in [4.78, 5) is 0. The highest BCUT2D eigenvalue weighted by Gasteiger charge is 1.91. The van der Waals surface area contributed by atoms with E-state index in [0.717, 1.165) is 12.8 Å². The lowest BCUT2D eigenvalue weighted by Gasteiger charge is -1.99. The molecule has 0 aliphatic carbocycles. The molecule has 0 unspecified atom stereocenters. The van der Waals surface area contributed by atoms with Crippen molar-refractivity contribution in [2.24, 2.45) is 0 Å². The molecule has 0 radical (unpaired) electrons. The average molecular weight is 236 g/mol. The molecule has 18 heavy (non-hydrogen) atoms. The van der Waals surface area contributed by atoms with E-state index < -0.39 is 0 Å². The van der Waals surface area contributed by atoms with E-state index in [9.17, 15) is 0 Å². The van der Waals surface area contributed by atoms with Crippen LogP contribution in [0.4, 0.5) is 0 Å². The molecule has 2 aromatic carbocycles. The van der Waals surface area contributed by atoms with Crippen molar-refractivity contribution in [1.82, 2.24) is 0 Å². The standard InChI is InChI=1S/C18H20/c1-3-15-5-9-17(10-6-15)13-14-18-11-7-16(4-2)8-12-18/h5-14H,3-4H2,1-2H3/b14-13-. The molecule has 0 nitrogen and oxygen atoms in total. The van der Waals surface area contributed by atoms with Crippen molar-refractivity contribution >= 4 is 12.2 Å². The average Bonchev–Trinajstić information content (AvgIpc) is 2.46. The lowest BCUT2D eigenvalue weighted by Crippen LogP contribution is -1.80. The molecule has 0 bridgehead atoms. The number of rotatable bonds is 4. The van der Waals surface area contributed by atoms with Crippen molar-refractivity contribution in [1.29, 1.82) is 0 Å². The van der Waals surface area contributed by atoms with Gasteiger partial charge in [-0.1, -0.05) is 74.5 Å². The van der Waals surface area contributed by atoms with E-state index in [1.54, 1.807) is 0 Å². The summed E-state index contributed by atoms with van der Waals surface area (Å²) >= 11 is 0. The monoisotopic (exact) mass is 236 g/mol. The van der Waals surface area contributed by atoms with E-state index in [4.69, 9.17) is 0 Å². The maximum Gasteiger partial charge on any atom is -0.0256 e. The minimum atomic E-state index is 1.10. The molecule has 0 saturated heterocycles. The van der Waals surface area contributed by atoms with Gasteiger partial charge in [0, 0.05) is 0 Å². The van der Waals surface area contributed by atoms with Crippen molar-refractivity contribution in [2.45, 2.75) is 26.7 Å². The molecule has 0 fully saturated rings. The second kappa shape index (κ2) is 6.20. The van der Waals surface area contributed by atoms with E-state index in [0.29, 0.717) is 0 Å². The van der Waals surface area contributed by atoms with Gasteiger partial charge in [0.25, 0.3) is 0 Å². The Kier molecular flexibility index (Phi) is 4.35. The van der Waals surface area contributed by atoms with Crippen LogP contribution >= 0.6 is 0 Å². The van der Waals surface area contributed by atoms with Crippen LogP contribution in [-0.4, -0.2) is 0 Å². The van der Waals surface area contributed by atoms with E-state index in [1.807, 2.05) is 0 Å². The van der Waals surface area contributed by atoms with Crippen molar-refractivity contribution in [2.75, 3.05) is 0 Å². The van der Waals surface area contributed by atoms with Gasteiger partial charge in [0.05, 0.1) is 0 Å². The van der Waals surface area contributed by atoms with Gasteiger partial charge in [-0.05, 0) is 35.1 Å². The normalized spacial score (nSPS) is 11.0. The van der Waals surface area contributed by atoms with Gasteiger partial charge in [0.1, 0.15) is 0 Å². The number of hydrogen-bond acceptors (Lipinski definition) is 0. The first-order valence-electron chi connectivity index (χ1n) is 6.67. The van der Waals surface area contributed by atoms with Crippen LogP contribution in [-0.2, 0) is 12.8 Å². The largest absolute Gasteiger partial charge is 0.0613 e. The third-order valence-electron chi connectivity index (χ3n) is 3.24. The molecule has 0 spiro atoms.